The molecule has 4 nitrogen and oxygen atoms in total. The molecule has 0 radical (unpaired) electrons. The smallest absolute Gasteiger partial charge is 0.160 e. The van der Waals surface area contributed by atoms with E-state index in [1.54, 1.807) is 43.3 Å². The second kappa shape index (κ2) is 6.73. The molecule has 0 N–H and O–H groups in total. The zero-order valence-electron chi connectivity index (χ0n) is 11.3. The van der Waals surface area contributed by atoms with E-state index in [4.69, 9.17) is 23.2 Å². The molecule has 0 unspecified atom stereocenters. The highest BCUT2D eigenvalue weighted by Crippen LogP contribution is 2.25. The van der Waals surface area contributed by atoms with E-state index in [0.29, 0.717) is 11.3 Å². The quantitative estimate of drug-likeness (QED) is 0.780. The Morgan fingerprint density at radius 3 is 2.19 bits per heavy atom. The molecule has 1 aromatic heterocycles. The molecule has 0 atom stereocenters. The van der Waals surface area contributed by atoms with Gasteiger partial charge in [0.2, 0.25) is 0 Å². The van der Waals surface area contributed by atoms with Crippen molar-refractivity contribution in [3.05, 3.63) is 58.9 Å². The molecule has 0 fully saturated rings. The first-order chi connectivity index (χ1) is 9.85. The van der Waals surface area contributed by atoms with Crippen LogP contribution in [0.5, 0.6) is 0 Å². The topological polar surface area (TPSA) is 59.9 Å². The molecule has 7 heteroatoms. The highest BCUT2D eigenvalue weighted by molar-refractivity contribution is 7.89. The molecule has 0 spiro atoms. The fourth-order valence-electron chi connectivity index (χ4n) is 1.79. The highest BCUT2D eigenvalue weighted by atomic mass is 35.5. The van der Waals surface area contributed by atoms with Crippen molar-refractivity contribution in [2.24, 2.45) is 0 Å². The molecular weight excluding hydrogens is 331 g/mol. The number of rotatable bonds is 5. The van der Waals surface area contributed by atoms with Gasteiger partial charge in [0.25, 0.3) is 0 Å². The van der Waals surface area contributed by atoms with Gasteiger partial charge in [-0.25, -0.2) is 8.42 Å². The average Bonchev–Trinajstić information content (AvgIpc) is 2.41. The SMILES string of the molecule is Cc1ccc(CS(=O)(=O)Cc2ccc(C(Cl)Cl)cc2)nn1. The minimum Gasteiger partial charge on any atom is -0.228 e. The second-order valence-electron chi connectivity index (χ2n) is 4.74. The van der Waals surface area contributed by atoms with Crippen LogP contribution in [0.15, 0.2) is 36.4 Å². The molecule has 1 aromatic carbocycles. The molecule has 2 rings (SSSR count). The van der Waals surface area contributed by atoms with E-state index in [2.05, 4.69) is 10.2 Å². The zero-order chi connectivity index (χ0) is 15.5. The Hall–Kier alpha value is -1.17. The van der Waals surface area contributed by atoms with Crippen LogP contribution in [0.1, 0.15) is 27.4 Å². The third kappa shape index (κ3) is 4.95. The Balaban J connectivity index is 2.08. The summed E-state index contributed by atoms with van der Waals surface area (Å²) in [5.41, 5.74) is 2.62. The first-order valence-corrected chi connectivity index (χ1v) is 8.92. The van der Waals surface area contributed by atoms with E-state index in [1.807, 2.05) is 0 Å². The molecule has 2 aromatic rings. The molecule has 0 saturated heterocycles. The van der Waals surface area contributed by atoms with E-state index < -0.39 is 14.7 Å². The summed E-state index contributed by atoms with van der Waals surface area (Å²) in [6, 6.07) is 10.3. The van der Waals surface area contributed by atoms with Gasteiger partial charge < -0.3 is 0 Å². The molecule has 0 bridgehead atoms. The molecule has 112 valence electrons. The van der Waals surface area contributed by atoms with Crippen molar-refractivity contribution in [1.82, 2.24) is 10.2 Å². The largest absolute Gasteiger partial charge is 0.228 e. The van der Waals surface area contributed by atoms with Crippen molar-refractivity contribution in [1.29, 1.82) is 0 Å². The lowest BCUT2D eigenvalue weighted by molar-refractivity contribution is 0.593. The van der Waals surface area contributed by atoms with Crippen LogP contribution in [0, 0.1) is 6.92 Å². The monoisotopic (exact) mass is 344 g/mol. The Labute approximate surface area is 134 Å². The fourth-order valence-corrected chi connectivity index (χ4v) is 3.49. The minimum absolute atomic E-state index is 0.0575. The van der Waals surface area contributed by atoms with Crippen LogP contribution in [0.25, 0.3) is 0 Å². The Morgan fingerprint density at radius 2 is 1.67 bits per heavy atom. The number of sulfone groups is 1. The van der Waals surface area contributed by atoms with Crippen LogP contribution in [0.4, 0.5) is 0 Å². The van der Waals surface area contributed by atoms with Crippen molar-refractivity contribution in [3.8, 4) is 0 Å². The Kier molecular flexibility index (Phi) is 5.19. The van der Waals surface area contributed by atoms with Crippen LogP contribution < -0.4 is 0 Å². The number of hydrogen-bond donors (Lipinski definition) is 0. The number of aryl methyl sites for hydroxylation is 1. The molecule has 0 aliphatic carbocycles. The molecule has 21 heavy (non-hydrogen) atoms. The van der Waals surface area contributed by atoms with E-state index in [9.17, 15) is 8.42 Å². The summed E-state index contributed by atoms with van der Waals surface area (Å²) in [6.45, 7) is 1.80. The molecule has 0 aliphatic heterocycles. The zero-order valence-corrected chi connectivity index (χ0v) is 13.7. The number of halogens is 2. The van der Waals surface area contributed by atoms with Crippen LogP contribution in [-0.2, 0) is 21.3 Å². The van der Waals surface area contributed by atoms with Gasteiger partial charge in [0.1, 0.15) is 4.84 Å². The lowest BCUT2D eigenvalue weighted by atomic mass is 10.2. The Morgan fingerprint density at radius 1 is 1.00 bits per heavy atom. The number of alkyl halides is 2. The minimum atomic E-state index is -3.30. The fraction of sp³-hybridized carbons (Fsp3) is 0.286. The number of hydrogen-bond acceptors (Lipinski definition) is 4. The van der Waals surface area contributed by atoms with Gasteiger partial charge in [-0.15, -0.1) is 23.2 Å². The predicted octanol–water partition coefficient (Wildman–Crippen LogP) is 3.38. The lowest BCUT2D eigenvalue weighted by Crippen LogP contribution is -2.09. The van der Waals surface area contributed by atoms with Gasteiger partial charge in [-0.3, -0.25) is 0 Å². The van der Waals surface area contributed by atoms with Gasteiger partial charge in [-0.2, -0.15) is 10.2 Å². The maximum atomic E-state index is 12.2. The van der Waals surface area contributed by atoms with Gasteiger partial charge in [0, 0.05) is 0 Å². The van der Waals surface area contributed by atoms with Gasteiger partial charge in [-0.05, 0) is 30.2 Å². The summed E-state index contributed by atoms with van der Waals surface area (Å²) in [6.07, 6.45) is 0. The first-order valence-electron chi connectivity index (χ1n) is 6.22. The summed E-state index contributed by atoms with van der Waals surface area (Å²) in [7, 11) is -3.30. The van der Waals surface area contributed by atoms with Crippen LogP contribution in [0.2, 0.25) is 0 Å². The number of nitrogens with zero attached hydrogens (tertiary/aromatic N) is 2. The van der Waals surface area contributed by atoms with E-state index >= 15 is 0 Å². The summed E-state index contributed by atoms with van der Waals surface area (Å²) >= 11 is 11.5. The van der Waals surface area contributed by atoms with Crippen LogP contribution >= 0.6 is 23.2 Å². The average molecular weight is 345 g/mol. The summed E-state index contributed by atoms with van der Waals surface area (Å²) in [4.78, 5) is -0.613. The predicted molar refractivity (Wildman–Crippen MR) is 84.0 cm³/mol. The molecule has 0 aliphatic rings. The lowest BCUT2D eigenvalue weighted by Gasteiger charge is -2.06. The van der Waals surface area contributed by atoms with E-state index in [0.717, 1.165) is 11.3 Å². The van der Waals surface area contributed by atoms with E-state index in [1.165, 1.54) is 0 Å². The molecule has 0 saturated carbocycles. The van der Waals surface area contributed by atoms with Gasteiger partial charge in [0.05, 0.1) is 22.9 Å². The van der Waals surface area contributed by atoms with Crippen LogP contribution in [0.3, 0.4) is 0 Å². The van der Waals surface area contributed by atoms with Gasteiger partial charge >= 0.3 is 0 Å². The highest BCUT2D eigenvalue weighted by Gasteiger charge is 2.15. The number of aromatic nitrogens is 2. The van der Waals surface area contributed by atoms with Gasteiger partial charge in [-0.1, -0.05) is 24.3 Å². The van der Waals surface area contributed by atoms with Crippen molar-refractivity contribution in [2.45, 2.75) is 23.3 Å². The summed E-state index contributed by atoms with van der Waals surface area (Å²) in [5, 5.41) is 7.74. The first kappa shape index (κ1) is 16.2. The standard InChI is InChI=1S/C14H14Cl2N2O2S/c1-10-2-7-13(18-17-10)9-21(19,20)8-11-3-5-12(6-4-11)14(15)16/h2-7,14H,8-9H2,1H3. The maximum absolute atomic E-state index is 12.2. The second-order valence-corrected chi connectivity index (χ2v) is 7.90. The Bertz CT molecular complexity index is 699. The maximum Gasteiger partial charge on any atom is 0.160 e. The third-order valence-corrected chi connectivity index (χ3v) is 4.85. The van der Waals surface area contributed by atoms with Gasteiger partial charge in [0.15, 0.2) is 9.84 Å². The van der Waals surface area contributed by atoms with Crippen molar-refractivity contribution < 1.29 is 8.42 Å². The van der Waals surface area contributed by atoms with Crippen molar-refractivity contribution >= 4 is 33.0 Å². The molecular formula is C14H14Cl2N2O2S. The normalized spacial score (nSPS) is 11.8. The molecule has 1 heterocycles. The van der Waals surface area contributed by atoms with Crippen molar-refractivity contribution in [3.63, 3.8) is 0 Å². The third-order valence-electron chi connectivity index (χ3n) is 2.84. The van der Waals surface area contributed by atoms with Crippen LogP contribution in [-0.4, -0.2) is 18.6 Å². The van der Waals surface area contributed by atoms with Crippen molar-refractivity contribution in [2.75, 3.05) is 0 Å². The summed E-state index contributed by atoms with van der Waals surface area (Å²) < 4.78 is 24.3. The number of benzene rings is 1. The van der Waals surface area contributed by atoms with E-state index in [-0.39, 0.29) is 11.5 Å². The summed E-state index contributed by atoms with van der Waals surface area (Å²) in [5.74, 6) is -0.187. The molecule has 0 amide bonds.